The van der Waals surface area contributed by atoms with E-state index in [-0.39, 0.29) is 11.7 Å². The van der Waals surface area contributed by atoms with Crippen molar-refractivity contribution < 1.29 is 4.79 Å². The van der Waals surface area contributed by atoms with E-state index in [1.54, 1.807) is 6.20 Å². The van der Waals surface area contributed by atoms with Crippen molar-refractivity contribution in [2.75, 3.05) is 11.1 Å². The van der Waals surface area contributed by atoms with E-state index in [2.05, 4.69) is 10.3 Å². The third-order valence-electron chi connectivity index (χ3n) is 5.27. The van der Waals surface area contributed by atoms with Gasteiger partial charge in [-0.2, -0.15) is 0 Å². The highest BCUT2D eigenvalue weighted by atomic mass is 35.5. The van der Waals surface area contributed by atoms with Crippen molar-refractivity contribution in [3.8, 4) is 22.5 Å². The molecule has 178 valence electrons. The highest BCUT2D eigenvalue weighted by Gasteiger charge is 2.12. The van der Waals surface area contributed by atoms with Gasteiger partial charge in [0.05, 0.1) is 17.1 Å². The molecule has 2 aromatic heterocycles. The zero-order valence-corrected chi connectivity index (χ0v) is 21.5. The first-order chi connectivity index (χ1) is 17.6. The van der Waals surface area contributed by atoms with Crippen molar-refractivity contribution in [1.29, 1.82) is 0 Å². The van der Waals surface area contributed by atoms with Crippen LogP contribution in [0.5, 0.6) is 0 Å². The molecule has 0 aliphatic rings. The van der Waals surface area contributed by atoms with Gasteiger partial charge in [0.2, 0.25) is 5.91 Å². The molecule has 36 heavy (non-hydrogen) atoms. The quantitative estimate of drug-likeness (QED) is 0.170. The minimum atomic E-state index is -0.151. The van der Waals surface area contributed by atoms with Crippen LogP contribution in [0.4, 0.5) is 5.13 Å². The Morgan fingerprint density at radius 3 is 2.08 bits per heavy atom. The fourth-order valence-electron chi connectivity index (χ4n) is 3.54. The predicted molar refractivity (Wildman–Crippen MR) is 149 cm³/mol. The standard InChI is InChI=1S/C28H21ClN4OS2/c29-22-13-11-19(12-14-22)15-23-17-30-27(36-23)33-26(34)18-35-28-31-24(20-7-3-1-4-8-20)16-25(32-28)21-9-5-2-6-10-21/h1-14,16-17H,15,18H2,(H,30,33,34). The lowest BCUT2D eigenvalue weighted by Crippen LogP contribution is -2.14. The molecule has 0 atom stereocenters. The number of nitrogens with one attached hydrogen (secondary N) is 1. The molecule has 1 N–H and O–H groups in total. The van der Waals surface area contributed by atoms with Gasteiger partial charge in [0.25, 0.3) is 0 Å². The Balaban J connectivity index is 1.27. The van der Waals surface area contributed by atoms with Crippen molar-refractivity contribution in [2.24, 2.45) is 0 Å². The fourth-order valence-corrected chi connectivity index (χ4v) is 5.19. The smallest absolute Gasteiger partial charge is 0.236 e. The molecule has 0 aliphatic heterocycles. The Bertz CT molecular complexity index is 1400. The molecule has 8 heteroatoms. The van der Waals surface area contributed by atoms with Crippen LogP contribution in [0, 0.1) is 0 Å². The number of carbonyl (C=O) groups excluding carboxylic acids is 1. The van der Waals surface area contributed by atoms with E-state index in [1.807, 2.05) is 91.0 Å². The Kier molecular flexibility index (Phi) is 7.71. The summed E-state index contributed by atoms with van der Waals surface area (Å²) in [5.41, 5.74) is 4.78. The van der Waals surface area contributed by atoms with Crippen LogP contribution in [0.15, 0.2) is 102 Å². The van der Waals surface area contributed by atoms with Gasteiger partial charge in [-0.3, -0.25) is 4.79 Å². The van der Waals surface area contributed by atoms with E-state index in [0.717, 1.165) is 39.4 Å². The van der Waals surface area contributed by atoms with Gasteiger partial charge in [-0.25, -0.2) is 15.0 Å². The minimum absolute atomic E-state index is 0.151. The van der Waals surface area contributed by atoms with Gasteiger partial charge >= 0.3 is 0 Å². The number of thioether (sulfide) groups is 1. The summed E-state index contributed by atoms with van der Waals surface area (Å²) < 4.78 is 0. The summed E-state index contributed by atoms with van der Waals surface area (Å²) in [6.45, 7) is 0. The van der Waals surface area contributed by atoms with Crippen molar-refractivity contribution >= 4 is 45.7 Å². The first-order valence-electron chi connectivity index (χ1n) is 11.2. The number of nitrogens with zero attached hydrogens (tertiary/aromatic N) is 3. The van der Waals surface area contributed by atoms with Crippen LogP contribution in [0.2, 0.25) is 5.02 Å². The molecule has 0 saturated carbocycles. The third kappa shape index (κ3) is 6.37. The largest absolute Gasteiger partial charge is 0.301 e. The summed E-state index contributed by atoms with van der Waals surface area (Å²) in [5, 5.41) is 4.73. The van der Waals surface area contributed by atoms with E-state index in [0.29, 0.717) is 15.3 Å². The van der Waals surface area contributed by atoms with E-state index >= 15 is 0 Å². The average Bonchev–Trinajstić information content (AvgIpc) is 3.36. The summed E-state index contributed by atoms with van der Waals surface area (Å²) in [4.78, 5) is 27.5. The second-order valence-corrected chi connectivity index (χ2v) is 10.4. The lowest BCUT2D eigenvalue weighted by molar-refractivity contribution is -0.113. The van der Waals surface area contributed by atoms with Crippen LogP contribution in [-0.2, 0) is 11.2 Å². The molecule has 0 radical (unpaired) electrons. The third-order valence-corrected chi connectivity index (χ3v) is 7.28. The number of anilines is 1. The van der Waals surface area contributed by atoms with E-state index in [1.165, 1.54) is 23.1 Å². The number of carbonyl (C=O) groups is 1. The van der Waals surface area contributed by atoms with Crippen LogP contribution in [0.3, 0.4) is 0 Å². The zero-order chi connectivity index (χ0) is 24.7. The second kappa shape index (κ2) is 11.5. The first-order valence-corrected chi connectivity index (χ1v) is 13.4. The Morgan fingerprint density at radius 2 is 1.47 bits per heavy atom. The molecule has 2 heterocycles. The maximum absolute atomic E-state index is 12.7. The van der Waals surface area contributed by atoms with Crippen molar-refractivity contribution in [3.63, 3.8) is 0 Å². The van der Waals surface area contributed by atoms with Gasteiger partial charge in [-0.15, -0.1) is 11.3 Å². The Hall–Kier alpha value is -3.52. The molecule has 1 amide bonds. The number of benzene rings is 3. The minimum Gasteiger partial charge on any atom is -0.301 e. The highest BCUT2D eigenvalue weighted by Crippen LogP contribution is 2.27. The monoisotopic (exact) mass is 528 g/mol. The van der Waals surface area contributed by atoms with Crippen LogP contribution in [-0.4, -0.2) is 26.6 Å². The van der Waals surface area contributed by atoms with Crippen LogP contribution < -0.4 is 5.32 Å². The molecule has 5 aromatic rings. The van der Waals surface area contributed by atoms with Gasteiger partial charge in [0, 0.05) is 33.6 Å². The Labute approximate surface area is 222 Å². The lowest BCUT2D eigenvalue weighted by atomic mass is 10.1. The molecule has 0 bridgehead atoms. The number of thiazole rings is 1. The van der Waals surface area contributed by atoms with Crippen LogP contribution in [0.25, 0.3) is 22.5 Å². The molecular formula is C28H21ClN4OS2. The SMILES string of the molecule is O=C(CSc1nc(-c2ccccc2)cc(-c2ccccc2)n1)Nc1ncc(Cc2ccc(Cl)cc2)s1. The van der Waals surface area contributed by atoms with E-state index in [9.17, 15) is 4.79 Å². The molecule has 3 aromatic carbocycles. The molecule has 0 spiro atoms. The molecule has 0 fully saturated rings. The van der Waals surface area contributed by atoms with Crippen LogP contribution in [0.1, 0.15) is 10.4 Å². The van der Waals surface area contributed by atoms with Crippen molar-refractivity contribution in [1.82, 2.24) is 15.0 Å². The Morgan fingerprint density at radius 1 is 0.861 bits per heavy atom. The zero-order valence-electron chi connectivity index (χ0n) is 19.1. The van der Waals surface area contributed by atoms with Crippen LogP contribution >= 0.6 is 34.7 Å². The maximum atomic E-state index is 12.7. The van der Waals surface area contributed by atoms with Gasteiger partial charge in [0.15, 0.2) is 10.3 Å². The molecule has 0 saturated heterocycles. The highest BCUT2D eigenvalue weighted by molar-refractivity contribution is 7.99. The number of hydrogen-bond donors (Lipinski definition) is 1. The number of halogens is 1. The molecule has 5 nitrogen and oxygen atoms in total. The van der Waals surface area contributed by atoms with E-state index in [4.69, 9.17) is 21.6 Å². The molecule has 0 unspecified atom stereocenters. The summed E-state index contributed by atoms with van der Waals surface area (Å²) in [6.07, 6.45) is 2.53. The number of rotatable bonds is 8. The number of hydrogen-bond acceptors (Lipinski definition) is 6. The van der Waals surface area contributed by atoms with Crippen molar-refractivity contribution in [3.05, 3.63) is 113 Å². The summed E-state index contributed by atoms with van der Waals surface area (Å²) in [6, 6.07) is 29.6. The normalized spacial score (nSPS) is 10.8. The van der Waals surface area contributed by atoms with Gasteiger partial charge < -0.3 is 5.32 Å². The lowest BCUT2D eigenvalue weighted by Gasteiger charge is -2.08. The average molecular weight is 529 g/mol. The van der Waals surface area contributed by atoms with Gasteiger partial charge in [-0.05, 0) is 23.8 Å². The summed E-state index contributed by atoms with van der Waals surface area (Å²) >= 11 is 8.73. The fraction of sp³-hybridized carbons (Fsp3) is 0.0714. The molecule has 0 aliphatic carbocycles. The first kappa shape index (κ1) is 24.2. The molecule has 5 rings (SSSR count). The number of amides is 1. The van der Waals surface area contributed by atoms with Gasteiger partial charge in [0.1, 0.15) is 0 Å². The number of aromatic nitrogens is 3. The summed E-state index contributed by atoms with van der Waals surface area (Å²) in [7, 11) is 0. The summed E-state index contributed by atoms with van der Waals surface area (Å²) in [5.74, 6) is 0.0286. The predicted octanol–water partition coefficient (Wildman–Crippen LogP) is 7.24. The topological polar surface area (TPSA) is 67.8 Å². The van der Waals surface area contributed by atoms with E-state index < -0.39 is 0 Å². The molecular weight excluding hydrogens is 508 g/mol. The van der Waals surface area contributed by atoms with Crippen molar-refractivity contribution in [2.45, 2.75) is 11.6 Å². The maximum Gasteiger partial charge on any atom is 0.236 e. The van der Waals surface area contributed by atoms with Gasteiger partial charge in [-0.1, -0.05) is 96.2 Å². The second-order valence-electron chi connectivity index (χ2n) is 7.92.